The molecule has 0 saturated carbocycles. The zero-order valence-electron chi connectivity index (χ0n) is 30.0. The van der Waals surface area contributed by atoms with Gasteiger partial charge in [-0.15, -0.1) is 0 Å². The van der Waals surface area contributed by atoms with Crippen molar-refractivity contribution in [2.45, 2.75) is 44.6 Å². The molecule has 2 aliphatic heterocycles. The van der Waals surface area contributed by atoms with Gasteiger partial charge in [0.05, 0.1) is 38.9 Å². The van der Waals surface area contributed by atoms with Crippen LogP contribution in [-0.2, 0) is 12.0 Å². The number of aromatic nitrogens is 2. The average Bonchev–Trinajstić information content (AvgIpc) is 3.78. The second kappa shape index (κ2) is 15.8. The minimum Gasteiger partial charge on any atom is -0.493 e. The molecule has 11 nitrogen and oxygen atoms in total. The lowest BCUT2D eigenvalue weighted by Gasteiger charge is -2.36. The number of imidazole rings is 1. The molecular formula is C40H48N6O5. The molecule has 268 valence electrons. The second-order valence-corrected chi connectivity index (χ2v) is 13.5. The molecule has 2 N–H and O–H groups in total. The number of para-hydroxylation sites is 2. The number of benzene rings is 3. The molecule has 51 heavy (non-hydrogen) atoms. The van der Waals surface area contributed by atoms with Crippen LogP contribution in [0.25, 0.3) is 11.0 Å². The summed E-state index contributed by atoms with van der Waals surface area (Å²) in [4.78, 5) is 41.5. The number of Topliss-reactive ketones (excluding diaryl/α,β-unsaturated/α-hetero) is 1. The van der Waals surface area contributed by atoms with Gasteiger partial charge in [0.25, 0.3) is 5.91 Å². The van der Waals surface area contributed by atoms with E-state index in [1.807, 2.05) is 46.7 Å². The Morgan fingerprint density at radius 2 is 1.65 bits per heavy atom. The van der Waals surface area contributed by atoms with E-state index >= 15 is 0 Å². The van der Waals surface area contributed by atoms with Crippen molar-refractivity contribution >= 4 is 28.4 Å². The smallest absolute Gasteiger partial charge is 0.254 e. The summed E-state index contributed by atoms with van der Waals surface area (Å²) in [5.41, 5.74) is 9.62. The predicted molar refractivity (Wildman–Crippen MR) is 199 cm³/mol. The number of piperidine rings is 1. The summed E-state index contributed by atoms with van der Waals surface area (Å²) in [6.45, 7) is 6.19. The van der Waals surface area contributed by atoms with Crippen molar-refractivity contribution < 1.29 is 23.8 Å². The van der Waals surface area contributed by atoms with Gasteiger partial charge in [-0.2, -0.15) is 0 Å². The van der Waals surface area contributed by atoms with Crippen LogP contribution in [0.5, 0.6) is 17.2 Å². The van der Waals surface area contributed by atoms with Crippen molar-refractivity contribution in [1.29, 1.82) is 0 Å². The van der Waals surface area contributed by atoms with Crippen LogP contribution >= 0.6 is 0 Å². The molecule has 0 aliphatic carbocycles. The molecule has 11 heteroatoms. The molecule has 4 aromatic rings. The number of methoxy groups -OCH3 is 3. The molecule has 1 atom stereocenters. The van der Waals surface area contributed by atoms with Crippen molar-refractivity contribution in [1.82, 2.24) is 19.4 Å². The number of likely N-dealkylation sites (tertiary alicyclic amines) is 2. The number of aliphatic imine (C=N–C) groups is 1. The Bertz CT molecular complexity index is 1890. The number of fused-ring (bicyclic) bond motifs is 1. The molecule has 0 radical (unpaired) electrons. The Morgan fingerprint density at radius 3 is 2.31 bits per heavy atom. The van der Waals surface area contributed by atoms with Crippen molar-refractivity contribution in [3.05, 3.63) is 96.1 Å². The van der Waals surface area contributed by atoms with Crippen LogP contribution in [0.4, 0.5) is 0 Å². The van der Waals surface area contributed by atoms with Gasteiger partial charge in [0.1, 0.15) is 0 Å². The maximum atomic E-state index is 14.0. The third kappa shape index (κ3) is 7.49. The molecule has 0 spiro atoms. The van der Waals surface area contributed by atoms with Gasteiger partial charge in [0.2, 0.25) is 11.5 Å². The molecule has 1 amide bonds. The molecule has 2 saturated heterocycles. The van der Waals surface area contributed by atoms with E-state index in [-0.39, 0.29) is 23.0 Å². The first-order valence-corrected chi connectivity index (χ1v) is 17.6. The minimum absolute atomic E-state index is 0.0604. The number of rotatable bonds is 13. The number of hydrogen-bond donors (Lipinski definition) is 1. The van der Waals surface area contributed by atoms with Gasteiger partial charge < -0.3 is 34.3 Å². The van der Waals surface area contributed by atoms with E-state index in [1.54, 1.807) is 39.7 Å². The summed E-state index contributed by atoms with van der Waals surface area (Å²) < 4.78 is 18.5. The lowest BCUT2D eigenvalue weighted by molar-refractivity contribution is 0.0777. The Kier molecular flexibility index (Phi) is 11.1. The highest BCUT2D eigenvalue weighted by Gasteiger charge is 2.42. The first-order chi connectivity index (χ1) is 24.8. The van der Waals surface area contributed by atoms with Gasteiger partial charge in [-0.05, 0) is 82.1 Å². The highest BCUT2D eigenvalue weighted by molar-refractivity contribution is 5.99. The third-order valence-corrected chi connectivity index (χ3v) is 10.4. The number of nitrogens with two attached hydrogens (primary N) is 1. The van der Waals surface area contributed by atoms with Crippen LogP contribution in [0.2, 0.25) is 0 Å². The van der Waals surface area contributed by atoms with Gasteiger partial charge in [-0.1, -0.05) is 42.5 Å². The molecule has 3 heterocycles. The molecule has 0 bridgehead atoms. The minimum atomic E-state index is -0.187. The van der Waals surface area contributed by atoms with Gasteiger partial charge in [0, 0.05) is 48.1 Å². The van der Waals surface area contributed by atoms with Gasteiger partial charge in [-0.25, -0.2) is 4.98 Å². The fourth-order valence-corrected chi connectivity index (χ4v) is 7.65. The Labute approximate surface area is 299 Å². The maximum Gasteiger partial charge on any atom is 0.254 e. The number of carbonyl (C=O) groups excluding carboxylic acids is 2. The van der Waals surface area contributed by atoms with E-state index in [0.29, 0.717) is 48.3 Å². The molecule has 3 aromatic carbocycles. The topological polar surface area (TPSA) is 125 Å². The number of amides is 1. The van der Waals surface area contributed by atoms with Crippen LogP contribution in [0, 0.1) is 5.92 Å². The Morgan fingerprint density at radius 1 is 0.961 bits per heavy atom. The van der Waals surface area contributed by atoms with Crippen LogP contribution in [0.15, 0.2) is 84.1 Å². The quantitative estimate of drug-likeness (QED) is 0.139. The summed E-state index contributed by atoms with van der Waals surface area (Å²) >= 11 is 0. The van der Waals surface area contributed by atoms with E-state index in [9.17, 15) is 9.59 Å². The number of nitrogens with zero attached hydrogens (tertiary/aromatic N) is 5. The van der Waals surface area contributed by atoms with E-state index in [1.165, 1.54) is 11.8 Å². The molecule has 0 unspecified atom stereocenters. The molecule has 6 rings (SSSR count). The molecule has 2 aliphatic rings. The van der Waals surface area contributed by atoms with Crippen LogP contribution in [0.3, 0.4) is 0 Å². The van der Waals surface area contributed by atoms with Crippen molar-refractivity contribution in [2.75, 3.05) is 54.1 Å². The number of carbonyl (C=O) groups is 2. The van der Waals surface area contributed by atoms with Crippen molar-refractivity contribution in [3.63, 3.8) is 0 Å². The second-order valence-electron chi connectivity index (χ2n) is 13.5. The fraction of sp³-hybridized carbons (Fsp3) is 0.400. The largest absolute Gasteiger partial charge is 0.493 e. The third-order valence-electron chi connectivity index (χ3n) is 10.4. The SMILES string of the molecule is COc1cc(C(=O)N2CC[C@@](CCN3CCC(C(=O)c4nc5ccccc5n4CC(C)=N/C=C\N)CC3)(c3ccccc3)C2)cc(OC)c1OC. The standard InChI is InChI=1S/C40H48N6O5/c1-28(42-19-18-41)26-46-33-13-9-8-12-32(33)43-38(46)36(47)29-14-20-44(21-15-29)22-16-40(31-10-6-5-7-11-31)17-23-45(27-40)39(48)30-24-34(49-2)37(51-4)35(25-30)50-3/h5-13,18-19,24-25,29H,14-17,20-23,26-27,41H2,1-4H3/b19-18-,42-28?/t40-/m1/s1. The van der Waals surface area contributed by atoms with Gasteiger partial charge in [0.15, 0.2) is 17.3 Å². The van der Waals surface area contributed by atoms with Crippen molar-refractivity contribution in [2.24, 2.45) is 16.6 Å². The lowest BCUT2D eigenvalue weighted by Crippen LogP contribution is -2.41. The van der Waals surface area contributed by atoms with E-state index < -0.39 is 0 Å². The zero-order valence-corrected chi connectivity index (χ0v) is 30.0. The normalized spacial score (nSPS) is 18.8. The predicted octanol–water partition coefficient (Wildman–Crippen LogP) is 5.72. The Balaban J connectivity index is 1.14. The van der Waals surface area contributed by atoms with E-state index in [4.69, 9.17) is 24.9 Å². The molecule has 1 aromatic heterocycles. The molecule has 2 fully saturated rings. The summed E-state index contributed by atoms with van der Waals surface area (Å²) in [5.74, 6) is 1.79. The first kappa shape index (κ1) is 35.7. The summed E-state index contributed by atoms with van der Waals surface area (Å²) in [5, 5.41) is 0. The highest BCUT2D eigenvalue weighted by Crippen LogP contribution is 2.41. The van der Waals surface area contributed by atoms with Crippen molar-refractivity contribution in [3.8, 4) is 17.2 Å². The van der Waals surface area contributed by atoms with E-state index in [2.05, 4.69) is 34.2 Å². The van der Waals surface area contributed by atoms with Gasteiger partial charge >= 0.3 is 0 Å². The van der Waals surface area contributed by atoms with Crippen LogP contribution in [0.1, 0.15) is 59.1 Å². The van der Waals surface area contributed by atoms with Gasteiger partial charge in [-0.3, -0.25) is 14.6 Å². The highest BCUT2D eigenvalue weighted by atomic mass is 16.5. The summed E-state index contributed by atoms with van der Waals surface area (Å²) in [7, 11) is 4.66. The monoisotopic (exact) mass is 692 g/mol. The summed E-state index contributed by atoms with van der Waals surface area (Å²) in [6.07, 6.45) is 6.27. The number of hydrogen-bond acceptors (Lipinski definition) is 9. The molecular weight excluding hydrogens is 644 g/mol. The van der Waals surface area contributed by atoms with Crippen LogP contribution in [-0.4, -0.2) is 90.8 Å². The van der Waals surface area contributed by atoms with Crippen LogP contribution < -0.4 is 19.9 Å². The maximum absolute atomic E-state index is 14.0. The fourth-order valence-electron chi connectivity index (χ4n) is 7.65. The zero-order chi connectivity index (χ0) is 36.0. The Hall–Kier alpha value is -5.16. The first-order valence-electron chi connectivity index (χ1n) is 17.6. The summed E-state index contributed by atoms with van der Waals surface area (Å²) in [6, 6.07) is 21.9. The van der Waals surface area contributed by atoms with E-state index in [0.717, 1.165) is 62.1 Å². The number of ether oxygens (including phenoxy) is 3. The average molecular weight is 693 g/mol. The number of ketones is 1. The lowest BCUT2D eigenvalue weighted by atomic mass is 9.76.